The van der Waals surface area contributed by atoms with E-state index in [9.17, 15) is 5.11 Å². The van der Waals surface area contributed by atoms with Gasteiger partial charge in [0.05, 0.1) is 0 Å². The Balaban J connectivity index is 3.11. The highest BCUT2D eigenvalue weighted by atomic mass is 16.3. The van der Waals surface area contributed by atoms with E-state index in [1.165, 1.54) is 0 Å². The van der Waals surface area contributed by atoms with Crippen LogP contribution in [-0.2, 0) is 5.72 Å². The lowest BCUT2D eigenvalue weighted by Crippen LogP contribution is -2.44. The van der Waals surface area contributed by atoms with Crippen molar-refractivity contribution in [3.63, 3.8) is 0 Å². The molecule has 1 rings (SSSR count). The molecule has 0 amide bonds. The molecular weight excluding hydrogens is 186 g/mol. The maximum atomic E-state index is 10.4. The third kappa shape index (κ3) is 2.20. The fourth-order valence-corrected chi connectivity index (χ4v) is 1.71. The van der Waals surface area contributed by atoms with Crippen LogP contribution in [-0.4, -0.2) is 23.1 Å². The Morgan fingerprint density at radius 1 is 1.27 bits per heavy atom. The predicted octanol–water partition coefficient (Wildman–Crippen LogP) is 1.81. The van der Waals surface area contributed by atoms with Gasteiger partial charge in [-0.3, -0.25) is 4.90 Å². The Bertz CT molecular complexity index is 337. The molecule has 0 bridgehead atoms. The molecule has 2 nitrogen and oxygen atoms in total. The van der Waals surface area contributed by atoms with Gasteiger partial charge < -0.3 is 5.11 Å². The lowest BCUT2D eigenvalue weighted by atomic mass is 10.0. The number of benzene rings is 1. The number of hydrogen-bond donors (Lipinski definition) is 1. The van der Waals surface area contributed by atoms with Gasteiger partial charge in [0.1, 0.15) is 0 Å². The summed E-state index contributed by atoms with van der Waals surface area (Å²) in [6, 6.07) is 9.35. The van der Waals surface area contributed by atoms with Crippen LogP contribution in [0.25, 0.3) is 0 Å². The molecular formula is C13H17NO. The zero-order valence-electron chi connectivity index (χ0n) is 9.27. The first-order valence-corrected chi connectivity index (χ1v) is 5.19. The summed E-state index contributed by atoms with van der Waals surface area (Å²) in [6.07, 6.45) is 5.45. The summed E-state index contributed by atoms with van der Waals surface area (Å²) in [4.78, 5) is 1.85. The first-order valence-electron chi connectivity index (χ1n) is 5.19. The van der Waals surface area contributed by atoms with Crippen LogP contribution in [0.1, 0.15) is 19.4 Å². The van der Waals surface area contributed by atoms with Gasteiger partial charge >= 0.3 is 0 Å². The van der Waals surface area contributed by atoms with Crippen molar-refractivity contribution in [3.05, 3.63) is 35.9 Å². The average Bonchev–Trinajstić information content (AvgIpc) is 2.31. The van der Waals surface area contributed by atoms with Crippen LogP contribution in [0.4, 0.5) is 0 Å². The van der Waals surface area contributed by atoms with E-state index in [2.05, 4.69) is 5.92 Å². The maximum Gasteiger partial charge on any atom is 0.208 e. The van der Waals surface area contributed by atoms with Gasteiger partial charge in [-0.2, -0.15) is 0 Å². The monoisotopic (exact) mass is 203 g/mol. The number of rotatable bonds is 4. The van der Waals surface area contributed by atoms with Gasteiger partial charge in [0.2, 0.25) is 5.72 Å². The van der Waals surface area contributed by atoms with Gasteiger partial charge in [0.15, 0.2) is 0 Å². The van der Waals surface area contributed by atoms with Gasteiger partial charge in [-0.1, -0.05) is 50.1 Å². The molecule has 1 unspecified atom stereocenters. The highest BCUT2D eigenvalue weighted by molar-refractivity contribution is 5.29. The van der Waals surface area contributed by atoms with Crippen LogP contribution in [0.5, 0.6) is 0 Å². The van der Waals surface area contributed by atoms with Crippen LogP contribution >= 0.6 is 0 Å². The van der Waals surface area contributed by atoms with E-state index >= 15 is 0 Å². The smallest absolute Gasteiger partial charge is 0.208 e. The van der Waals surface area contributed by atoms with Crippen molar-refractivity contribution in [1.82, 2.24) is 4.90 Å². The van der Waals surface area contributed by atoms with Crippen molar-refractivity contribution in [3.8, 4) is 12.3 Å². The first kappa shape index (κ1) is 11.8. The van der Waals surface area contributed by atoms with Crippen molar-refractivity contribution < 1.29 is 5.11 Å². The second kappa shape index (κ2) is 4.97. The van der Waals surface area contributed by atoms with E-state index in [1.54, 1.807) is 0 Å². The molecule has 1 aromatic rings. The Kier molecular flexibility index (Phi) is 3.90. The molecule has 0 aliphatic heterocycles. The van der Waals surface area contributed by atoms with Gasteiger partial charge in [-0.25, -0.2) is 0 Å². The highest BCUT2D eigenvalue weighted by Crippen LogP contribution is 2.24. The molecule has 0 saturated heterocycles. The van der Waals surface area contributed by atoms with Gasteiger partial charge in [-0.05, 0) is 13.1 Å². The van der Waals surface area contributed by atoms with E-state index in [1.807, 2.05) is 49.1 Å². The molecule has 0 heterocycles. The minimum absolute atomic E-state index is 0.714. The molecule has 15 heavy (non-hydrogen) atoms. The van der Waals surface area contributed by atoms with E-state index < -0.39 is 5.72 Å². The molecule has 0 aliphatic carbocycles. The maximum absolute atomic E-state index is 10.4. The van der Waals surface area contributed by atoms with Gasteiger partial charge in [0.25, 0.3) is 0 Å². The predicted molar refractivity (Wildman–Crippen MR) is 62.1 cm³/mol. The quantitative estimate of drug-likeness (QED) is 0.596. The summed E-state index contributed by atoms with van der Waals surface area (Å²) in [5.74, 6) is 2.48. The number of nitrogens with zero attached hydrogens (tertiary/aromatic N) is 1. The third-order valence-electron chi connectivity index (χ3n) is 2.60. The Morgan fingerprint density at radius 3 is 2.20 bits per heavy atom. The van der Waals surface area contributed by atoms with E-state index in [-0.39, 0.29) is 0 Å². The number of hydrogen-bond acceptors (Lipinski definition) is 2. The molecule has 0 radical (unpaired) electrons. The molecule has 1 N–H and O–H groups in total. The molecule has 0 spiro atoms. The summed E-state index contributed by atoms with van der Waals surface area (Å²) in [5.41, 5.74) is -0.540. The molecule has 1 atom stereocenters. The normalized spacial score (nSPS) is 14.6. The molecule has 0 saturated carbocycles. The molecule has 0 aliphatic rings. The summed E-state index contributed by atoms with van der Waals surface area (Å²) in [7, 11) is 0. The summed E-state index contributed by atoms with van der Waals surface area (Å²) in [5, 5.41) is 10.4. The summed E-state index contributed by atoms with van der Waals surface area (Å²) in [6.45, 7) is 5.39. The number of terminal acetylenes is 1. The van der Waals surface area contributed by atoms with Gasteiger partial charge in [0, 0.05) is 5.56 Å². The first-order chi connectivity index (χ1) is 7.19. The molecule has 80 valence electrons. The Morgan fingerprint density at radius 2 is 1.80 bits per heavy atom. The number of aliphatic hydroxyl groups is 1. The Hall–Kier alpha value is -1.30. The second-order valence-electron chi connectivity index (χ2n) is 3.35. The standard InChI is InChI=1S/C13H17NO/c1-4-13(15,14(5-2)6-3)12-10-8-7-9-11-12/h1,7-11,15H,5-6H2,2-3H3. The highest BCUT2D eigenvalue weighted by Gasteiger charge is 2.32. The van der Waals surface area contributed by atoms with Crippen LogP contribution in [0, 0.1) is 12.3 Å². The Labute approximate surface area is 91.5 Å². The van der Waals surface area contributed by atoms with Crippen molar-refractivity contribution in [2.75, 3.05) is 13.1 Å². The zero-order valence-corrected chi connectivity index (χ0v) is 9.27. The van der Waals surface area contributed by atoms with Crippen LogP contribution in [0.15, 0.2) is 30.3 Å². The summed E-state index contributed by atoms with van der Waals surface area (Å²) < 4.78 is 0. The third-order valence-corrected chi connectivity index (χ3v) is 2.60. The van der Waals surface area contributed by atoms with Crippen molar-refractivity contribution in [2.45, 2.75) is 19.6 Å². The largest absolute Gasteiger partial charge is 0.361 e. The van der Waals surface area contributed by atoms with Gasteiger partial charge in [-0.15, -0.1) is 6.42 Å². The minimum Gasteiger partial charge on any atom is -0.361 e. The van der Waals surface area contributed by atoms with Crippen LogP contribution < -0.4 is 0 Å². The molecule has 0 fully saturated rings. The topological polar surface area (TPSA) is 23.5 Å². The van der Waals surface area contributed by atoms with E-state index in [0.29, 0.717) is 13.1 Å². The van der Waals surface area contributed by atoms with E-state index in [4.69, 9.17) is 6.42 Å². The minimum atomic E-state index is -1.29. The lowest BCUT2D eigenvalue weighted by molar-refractivity contribution is -0.0597. The molecule has 1 aromatic carbocycles. The van der Waals surface area contributed by atoms with Crippen molar-refractivity contribution in [2.24, 2.45) is 0 Å². The van der Waals surface area contributed by atoms with Crippen LogP contribution in [0.2, 0.25) is 0 Å². The molecule has 0 aromatic heterocycles. The van der Waals surface area contributed by atoms with Crippen LogP contribution in [0.3, 0.4) is 0 Å². The SMILES string of the molecule is C#CC(O)(c1ccccc1)N(CC)CC. The van der Waals surface area contributed by atoms with Crippen molar-refractivity contribution >= 4 is 0 Å². The van der Waals surface area contributed by atoms with Crippen molar-refractivity contribution in [1.29, 1.82) is 0 Å². The summed E-state index contributed by atoms with van der Waals surface area (Å²) >= 11 is 0. The average molecular weight is 203 g/mol. The fourth-order valence-electron chi connectivity index (χ4n) is 1.71. The second-order valence-corrected chi connectivity index (χ2v) is 3.35. The zero-order chi connectivity index (χ0) is 11.3. The molecule has 2 heteroatoms. The lowest BCUT2D eigenvalue weighted by Gasteiger charge is -2.34. The fraction of sp³-hybridized carbons (Fsp3) is 0.385. The van der Waals surface area contributed by atoms with E-state index in [0.717, 1.165) is 5.56 Å².